The molecule has 5 nitrogen and oxygen atoms in total. The van der Waals surface area contributed by atoms with Crippen LogP contribution in [-0.2, 0) is 0 Å². The fraction of sp³-hybridized carbons (Fsp3) is 0.190. The summed E-state index contributed by atoms with van der Waals surface area (Å²) in [7, 11) is 0. The summed E-state index contributed by atoms with van der Waals surface area (Å²) in [5, 5.41) is 14.7. The van der Waals surface area contributed by atoms with Gasteiger partial charge < -0.3 is 10.6 Å². The summed E-state index contributed by atoms with van der Waals surface area (Å²) < 4.78 is 0. The number of nitrogens with zero attached hydrogens (tertiary/aromatic N) is 2. The maximum absolute atomic E-state index is 12.2. The van der Waals surface area contributed by atoms with Gasteiger partial charge in [0.25, 0.3) is 5.91 Å². The second-order valence-corrected chi connectivity index (χ2v) is 6.53. The van der Waals surface area contributed by atoms with Crippen LogP contribution in [-0.4, -0.2) is 22.6 Å². The highest BCUT2D eigenvalue weighted by Crippen LogP contribution is 2.27. The van der Waals surface area contributed by atoms with Gasteiger partial charge in [0, 0.05) is 23.4 Å². The molecule has 5 heteroatoms. The molecule has 26 heavy (non-hydrogen) atoms. The minimum absolute atomic E-state index is 0.0361. The van der Waals surface area contributed by atoms with Crippen LogP contribution in [0.25, 0.3) is 11.3 Å². The highest BCUT2D eigenvalue weighted by Gasteiger charge is 2.21. The highest BCUT2D eigenvalue weighted by atomic mass is 16.1. The number of amides is 1. The molecule has 130 valence electrons. The number of hydrogen-bond acceptors (Lipinski definition) is 4. The van der Waals surface area contributed by atoms with Crippen LogP contribution in [0.5, 0.6) is 0 Å². The number of anilines is 2. The summed E-state index contributed by atoms with van der Waals surface area (Å²) in [6.07, 6.45) is 2.44. The molecule has 0 saturated heterocycles. The minimum atomic E-state index is -0.0361. The van der Waals surface area contributed by atoms with Crippen molar-refractivity contribution in [2.75, 3.05) is 11.9 Å². The predicted octanol–water partition coefficient (Wildman–Crippen LogP) is 4.03. The molecule has 2 aromatic carbocycles. The van der Waals surface area contributed by atoms with Gasteiger partial charge in [-0.15, -0.1) is 10.2 Å². The Morgan fingerprint density at radius 3 is 2.54 bits per heavy atom. The van der Waals surface area contributed by atoms with E-state index in [1.165, 1.54) is 12.8 Å². The number of carbonyl (C=O) groups excluding carboxylic acids is 1. The van der Waals surface area contributed by atoms with Crippen molar-refractivity contribution in [3.63, 3.8) is 0 Å². The zero-order chi connectivity index (χ0) is 17.8. The summed E-state index contributed by atoms with van der Waals surface area (Å²) in [6, 6.07) is 21.2. The molecule has 0 unspecified atom stereocenters. The van der Waals surface area contributed by atoms with E-state index in [2.05, 4.69) is 20.8 Å². The molecule has 3 aromatic rings. The topological polar surface area (TPSA) is 66.9 Å². The third-order valence-corrected chi connectivity index (χ3v) is 4.38. The van der Waals surface area contributed by atoms with Crippen molar-refractivity contribution in [2.24, 2.45) is 5.92 Å². The first-order valence-electron chi connectivity index (χ1n) is 8.82. The van der Waals surface area contributed by atoms with Crippen molar-refractivity contribution < 1.29 is 4.79 Å². The predicted molar refractivity (Wildman–Crippen MR) is 102 cm³/mol. The summed E-state index contributed by atoms with van der Waals surface area (Å²) >= 11 is 0. The first-order valence-corrected chi connectivity index (χ1v) is 8.82. The Labute approximate surface area is 152 Å². The molecule has 0 atom stereocenters. The van der Waals surface area contributed by atoms with Crippen LogP contribution in [0, 0.1) is 5.92 Å². The molecule has 1 aliphatic rings. The smallest absolute Gasteiger partial charge is 0.251 e. The molecule has 1 amide bonds. The van der Waals surface area contributed by atoms with Gasteiger partial charge in [0.2, 0.25) is 0 Å². The largest absolute Gasteiger partial charge is 0.352 e. The second-order valence-electron chi connectivity index (χ2n) is 6.53. The Kier molecular flexibility index (Phi) is 4.60. The maximum Gasteiger partial charge on any atom is 0.251 e. The van der Waals surface area contributed by atoms with E-state index in [4.69, 9.17) is 0 Å². The molecule has 0 spiro atoms. The molecule has 1 fully saturated rings. The Hall–Kier alpha value is -3.21. The van der Waals surface area contributed by atoms with E-state index >= 15 is 0 Å². The van der Waals surface area contributed by atoms with E-state index in [0.29, 0.717) is 17.3 Å². The van der Waals surface area contributed by atoms with E-state index in [0.717, 1.165) is 23.5 Å². The Balaban J connectivity index is 1.43. The lowest BCUT2D eigenvalue weighted by Gasteiger charge is -2.08. The van der Waals surface area contributed by atoms with Crippen LogP contribution >= 0.6 is 0 Å². The molecule has 2 N–H and O–H groups in total. The lowest BCUT2D eigenvalue weighted by Crippen LogP contribution is -2.25. The minimum Gasteiger partial charge on any atom is -0.352 e. The maximum atomic E-state index is 12.2. The quantitative estimate of drug-likeness (QED) is 0.708. The van der Waals surface area contributed by atoms with Gasteiger partial charge in [0.05, 0.1) is 5.69 Å². The van der Waals surface area contributed by atoms with E-state index in [-0.39, 0.29) is 5.91 Å². The molecule has 0 aliphatic heterocycles. The Bertz CT molecular complexity index is 889. The summed E-state index contributed by atoms with van der Waals surface area (Å²) in [5.41, 5.74) is 3.31. The zero-order valence-corrected chi connectivity index (χ0v) is 14.4. The van der Waals surface area contributed by atoms with E-state index < -0.39 is 0 Å². The van der Waals surface area contributed by atoms with E-state index in [1.54, 1.807) is 0 Å². The molecule has 4 rings (SSSR count). The van der Waals surface area contributed by atoms with Crippen LogP contribution in [0.1, 0.15) is 23.2 Å². The van der Waals surface area contributed by atoms with Gasteiger partial charge in [-0.1, -0.05) is 36.4 Å². The molecule has 0 radical (unpaired) electrons. The van der Waals surface area contributed by atoms with Crippen molar-refractivity contribution in [3.8, 4) is 11.3 Å². The van der Waals surface area contributed by atoms with Crippen LogP contribution in [0.3, 0.4) is 0 Å². The first-order chi connectivity index (χ1) is 12.8. The SMILES string of the molecule is O=C(NCC1CC1)c1cccc(Nc2ccc(-c3ccccc3)nn2)c1. The average Bonchev–Trinajstić information content (AvgIpc) is 3.52. The number of hydrogen-bond donors (Lipinski definition) is 2. The third kappa shape index (κ3) is 4.06. The normalized spacial score (nSPS) is 13.2. The van der Waals surface area contributed by atoms with Crippen molar-refractivity contribution in [1.82, 2.24) is 15.5 Å². The Morgan fingerprint density at radius 2 is 1.81 bits per heavy atom. The fourth-order valence-corrected chi connectivity index (χ4v) is 2.71. The molecule has 1 saturated carbocycles. The highest BCUT2D eigenvalue weighted by molar-refractivity contribution is 5.95. The molecule has 1 aliphatic carbocycles. The number of nitrogens with one attached hydrogen (secondary N) is 2. The molecule has 1 heterocycles. The van der Waals surface area contributed by atoms with Gasteiger partial charge in [-0.3, -0.25) is 4.79 Å². The van der Waals surface area contributed by atoms with Crippen molar-refractivity contribution in [3.05, 3.63) is 72.3 Å². The van der Waals surface area contributed by atoms with Crippen LogP contribution in [0.15, 0.2) is 66.7 Å². The van der Waals surface area contributed by atoms with Gasteiger partial charge in [-0.2, -0.15) is 0 Å². The van der Waals surface area contributed by atoms with Crippen LogP contribution in [0.2, 0.25) is 0 Å². The van der Waals surface area contributed by atoms with Crippen molar-refractivity contribution >= 4 is 17.4 Å². The van der Waals surface area contributed by atoms with Crippen LogP contribution in [0.4, 0.5) is 11.5 Å². The Morgan fingerprint density at radius 1 is 0.962 bits per heavy atom. The molecular formula is C21H20N4O. The third-order valence-electron chi connectivity index (χ3n) is 4.38. The second kappa shape index (κ2) is 7.35. The fourth-order valence-electron chi connectivity index (χ4n) is 2.71. The number of aromatic nitrogens is 2. The lowest BCUT2D eigenvalue weighted by atomic mass is 10.1. The summed E-state index contributed by atoms with van der Waals surface area (Å²) in [6.45, 7) is 0.767. The van der Waals surface area contributed by atoms with Gasteiger partial charge in [0.15, 0.2) is 5.82 Å². The standard InChI is InChI=1S/C21H20N4O/c26-21(22-14-15-9-10-15)17-7-4-8-18(13-17)23-20-12-11-19(24-25-20)16-5-2-1-3-6-16/h1-8,11-13,15H,9-10,14H2,(H,22,26)(H,23,25). The summed E-state index contributed by atoms with van der Waals surface area (Å²) in [5.74, 6) is 1.27. The van der Waals surface area contributed by atoms with Gasteiger partial charge in [0.1, 0.15) is 0 Å². The molecule has 0 bridgehead atoms. The average molecular weight is 344 g/mol. The van der Waals surface area contributed by atoms with Gasteiger partial charge >= 0.3 is 0 Å². The molecular weight excluding hydrogens is 324 g/mol. The van der Waals surface area contributed by atoms with E-state index in [9.17, 15) is 4.79 Å². The van der Waals surface area contributed by atoms with E-state index in [1.807, 2.05) is 66.7 Å². The lowest BCUT2D eigenvalue weighted by molar-refractivity contribution is 0.0952. The van der Waals surface area contributed by atoms with Crippen molar-refractivity contribution in [1.29, 1.82) is 0 Å². The summed E-state index contributed by atoms with van der Waals surface area (Å²) in [4.78, 5) is 12.2. The van der Waals surface area contributed by atoms with Gasteiger partial charge in [-0.25, -0.2) is 0 Å². The molecule has 1 aromatic heterocycles. The zero-order valence-electron chi connectivity index (χ0n) is 14.4. The van der Waals surface area contributed by atoms with Gasteiger partial charge in [-0.05, 0) is 49.1 Å². The number of benzene rings is 2. The van der Waals surface area contributed by atoms with Crippen molar-refractivity contribution in [2.45, 2.75) is 12.8 Å². The number of rotatable bonds is 6. The van der Waals surface area contributed by atoms with Crippen LogP contribution < -0.4 is 10.6 Å². The monoisotopic (exact) mass is 344 g/mol. The first kappa shape index (κ1) is 16.3. The number of carbonyl (C=O) groups is 1.